The number of nitrogens with zero attached hydrogens (tertiary/aromatic N) is 2. The lowest BCUT2D eigenvalue weighted by atomic mass is 10.1. The Hall–Kier alpha value is -2.56. The maximum atomic E-state index is 5.94. The van der Waals surface area contributed by atoms with E-state index in [4.69, 9.17) is 5.73 Å². The molecule has 1 aromatic carbocycles. The molecule has 3 rings (SSSR count). The van der Waals surface area contributed by atoms with Gasteiger partial charge >= 0.3 is 0 Å². The zero-order chi connectivity index (χ0) is 13.2. The first kappa shape index (κ1) is 11.5. The van der Waals surface area contributed by atoms with Gasteiger partial charge in [-0.1, -0.05) is 18.2 Å². The molecular weight excluding hydrogens is 238 g/mol. The smallest absolute Gasteiger partial charge is 0.179 e. The minimum absolute atomic E-state index is 0.678. The van der Waals surface area contributed by atoms with Crippen LogP contribution >= 0.6 is 0 Å². The molecule has 5 nitrogen and oxygen atoms in total. The van der Waals surface area contributed by atoms with E-state index in [9.17, 15) is 0 Å². The maximum absolute atomic E-state index is 5.94. The molecule has 0 bridgehead atoms. The van der Waals surface area contributed by atoms with Crippen LogP contribution in [0.2, 0.25) is 0 Å². The molecule has 2 aromatic heterocycles. The van der Waals surface area contributed by atoms with E-state index in [2.05, 4.69) is 20.3 Å². The Labute approximate surface area is 110 Å². The van der Waals surface area contributed by atoms with Crippen LogP contribution in [-0.4, -0.2) is 22.0 Å². The molecule has 0 aliphatic carbocycles. The van der Waals surface area contributed by atoms with E-state index in [1.54, 1.807) is 0 Å². The molecule has 0 spiro atoms. The quantitative estimate of drug-likeness (QED) is 0.625. The predicted octanol–water partition coefficient (Wildman–Crippen LogP) is 2.17. The molecule has 0 aliphatic rings. The Morgan fingerprint density at radius 1 is 1.16 bits per heavy atom. The van der Waals surface area contributed by atoms with Crippen LogP contribution in [0.25, 0.3) is 11.2 Å². The maximum Gasteiger partial charge on any atom is 0.179 e. The van der Waals surface area contributed by atoms with Gasteiger partial charge in [-0.25, -0.2) is 9.97 Å². The molecule has 96 valence electrons. The molecule has 0 atom stereocenters. The van der Waals surface area contributed by atoms with Crippen molar-refractivity contribution in [3.8, 4) is 0 Å². The highest BCUT2D eigenvalue weighted by molar-refractivity contribution is 5.73. The minimum Gasteiger partial charge on any atom is -0.398 e. The van der Waals surface area contributed by atoms with Crippen molar-refractivity contribution in [1.82, 2.24) is 15.0 Å². The molecule has 0 saturated carbocycles. The van der Waals surface area contributed by atoms with E-state index < -0.39 is 0 Å². The molecule has 0 fully saturated rings. The van der Waals surface area contributed by atoms with Crippen molar-refractivity contribution >= 4 is 22.7 Å². The third-order valence-corrected chi connectivity index (χ3v) is 3.06. The van der Waals surface area contributed by atoms with E-state index in [0.717, 1.165) is 34.1 Å². The number of anilines is 2. The Bertz CT molecular complexity index is 717. The first-order valence-electron chi connectivity index (χ1n) is 6.13. The van der Waals surface area contributed by atoms with Crippen LogP contribution in [-0.2, 0) is 6.42 Å². The van der Waals surface area contributed by atoms with Crippen LogP contribution in [0.3, 0.4) is 0 Å². The highest BCUT2D eigenvalue weighted by Crippen LogP contribution is 2.17. The number of pyridine rings is 1. The number of para-hydroxylation sites is 1. The molecule has 0 saturated heterocycles. The van der Waals surface area contributed by atoms with Crippen molar-refractivity contribution in [2.45, 2.75) is 6.42 Å². The van der Waals surface area contributed by atoms with Gasteiger partial charge in [0, 0.05) is 19.2 Å². The molecule has 2 heterocycles. The predicted molar refractivity (Wildman–Crippen MR) is 77.1 cm³/mol. The third kappa shape index (κ3) is 2.22. The van der Waals surface area contributed by atoms with Crippen LogP contribution in [0.1, 0.15) is 11.4 Å². The molecule has 0 aliphatic heterocycles. The Morgan fingerprint density at radius 2 is 2.00 bits per heavy atom. The summed E-state index contributed by atoms with van der Waals surface area (Å²) >= 11 is 0. The number of rotatable bonds is 3. The van der Waals surface area contributed by atoms with E-state index in [0.29, 0.717) is 6.42 Å². The molecule has 0 radical (unpaired) electrons. The van der Waals surface area contributed by atoms with Gasteiger partial charge in [0.1, 0.15) is 11.6 Å². The molecule has 0 amide bonds. The van der Waals surface area contributed by atoms with Gasteiger partial charge in [-0.3, -0.25) is 0 Å². The topological polar surface area (TPSA) is 79.6 Å². The molecule has 19 heavy (non-hydrogen) atoms. The number of fused-ring (bicyclic) bond motifs is 1. The Balaban J connectivity index is 1.95. The van der Waals surface area contributed by atoms with Gasteiger partial charge in [0.15, 0.2) is 5.65 Å². The number of H-pyrrole nitrogens is 1. The van der Waals surface area contributed by atoms with Crippen molar-refractivity contribution in [2.75, 3.05) is 18.1 Å². The van der Waals surface area contributed by atoms with E-state index >= 15 is 0 Å². The number of hydrogen-bond acceptors (Lipinski definition) is 4. The number of nitrogen functional groups attached to an aromatic ring is 1. The first-order chi connectivity index (χ1) is 9.26. The van der Waals surface area contributed by atoms with E-state index in [1.165, 1.54) is 0 Å². The average Bonchev–Trinajstić information content (AvgIpc) is 2.82. The largest absolute Gasteiger partial charge is 0.398 e. The van der Waals surface area contributed by atoms with Gasteiger partial charge in [0.05, 0.1) is 5.52 Å². The summed E-state index contributed by atoms with van der Waals surface area (Å²) in [6.07, 6.45) is 0.678. The summed E-state index contributed by atoms with van der Waals surface area (Å²) in [7, 11) is 1.84. The minimum atomic E-state index is 0.678. The van der Waals surface area contributed by atoms with Crippen molar-refractivity contribution in [2.24, 2.45) is 0 Å². The van der Waals surface area contributed by atoms with Crippen molar-refractivity contribution in [3.63, 3.8) is 0 Å². The second-order valence-corrected chi connectivity index (χ2v) is 4.38. The monoisotopic (exact) mass is 253 g/mol. The lowest BCUT2D eigenvalue weighted by molar-refractivity contribution is 1.04. The molecule has 3 aromatic rings. The second-order valence-electron chi connectivity index (χ2n) is 4.38. The second kappa shape index (κ2) is 4.61. The summed E-state index contributed by atoms with van der Waals surface area (Å²) in [5, 5.41) is 3.00. The average molecular weight is 253 g/mol. The summed E-state index contributed by atoms with van der Waals surface area (Å²) in [6.45, 7) is 0. The molecule has 5 heteroatoms. The molecule has 4 N–H and O–H groups in total. The Kier molecular flexibility index (Phi) is 2.79. The van der Waals surface area contributed by atoms with Gasteiger partial charge in [-0.05, 0) is 23.8 Å². The zero-order valence-electron chi connectivity index (χ0n) is 10.6. The number of imidazole rings is 1. The number of aromatic amines is 1. The number of hydrogen-bond donors (Lipinski definition) is 3. The fourth-order valence-electron chi connectivity index (χ4n) is 2.04. The SMILES string of the molecule is CNc1ccc2[nH]c(Cc3ccccc3N)nc2n1. The van der Waals surface area contributed by atoms with Crippen LogP contribution in [0.5, 0.6) is 0 Å². The van der Waals surface area contributed by atoms with Gasteiger partial charge in [0.25, 0.3) is 0 Å². The number of aromatic nitrogens is 3. The summed E-state index contributed by atoms with van der Waals surface area (Å²) < 4.78 is 0. The normalized spacial score (nSPS) is 10.8. The van der Waals surface area contributed by atoms with Gasteiger partial charge < -0.3 is 16.0 Å². The van der Waals surface area contributed by atoms with Crippen LogP contribution in [0.15, 0.2) is 36.4 Å². The summed E-state index contributed by atoms with van der Waals surface area (Å²) in [6, 6.07) is 11.7. The van der Waals surface area contributed by atoms with Crippen LogP contribution in [0.4, 0.5) is 11.5 Å². The number of nitrogens with one attached hydrogen (secondary N) is 2. The van der Waals surface area contributed by atoms with Crippen molar-refractivity contribution in [1.29, 1.82) is 0 Å². The fourth-order valence-corrected chi connectivity index (χ4v) is 2.04. The van der Waals surface area contributed by atoms with E-state index in [1.807, 2.05) is 43.4 Å². The van der Waals surface area contributed by atoms with Gasteiger partial charge in [0.2, 0.25) is 0 Å². The third-order valence-electron chi connectivity index (χ3n) is 3.06. The van der Waals surface area contributed by atoms with Crippen LogP contribution < -0.4 is 11.1 Å². The van der Waals surface area contributed by atoms with Gasteiger partial charge in [-0.2, -0.15) is 0 Å². The Morgan fingerprint density at radius 3 is 2.79 bits per heavy atom. The lowest BCUT2D eigenvalue weighted by Gasteiger charge is -2.01. The number of benzene rings is 1. The van der Waals surface area contributed by atoms with Crippen molar-refractivity contribution < 1.29 is 0 Å². The summed E-state index contributed by atoms with van der Waals surface area (Å²) in [4.78, 5) is 12.2. The van der Waals surface area contributed by atoms with Crippen LogP contribution in [0, 0.1) is 0 Å². The molecule has 0 unspecified atom stereocenters. The fraction of sp³-hybridized carbons (Fsp3) is 0.143. The summed E-state index contributed by atoms with van der Waals surface area (Å²) in [5.41, 5.74) is 9.44. The van der Waals surface area contributed by atoms with Gasteiger partial charge in [-0.15, -0.1) is 0 Å². The van der Waals surface area contributed by atoms with Crippen molar-refractivity contribution in [3.05, 3.63) is 47.8 Å². The first-order valence-corrected chi connectivity index (χ1v) is 6.13. The highest BCUT2D eigenvalue weighted by Gasteiger charge is 2.07. The highest BCUT2D eigenvalue weighted by atomic mass is 15.0. The lowest BCUT2D eigenvalue weighted by Crippen LogP contribution is -1.96. The summed E-state index contributed by atoms with van der Waals surface area (Å²) in [5.74, 6) is 1.68. The standard InChI is InChI=1S/C14H15N5/c1-16-12-7-6-11-14(18-12)19-13(17-11)8-9-4-2-3-5-10(9)15/h2-7H,8,15H2,1H3,(H2,16,17,18,19). The number of nitrogens with two attached hydrogens (primary N) is 1. The molecular formula is C14H15N5. The zero-order valence-corrected chi connectivity index (χ0v) is 10.6. The van der Waals surface area contributed by atoms with E-state index in [-0.39, 0.29) is 0 Å².